The molecule has 1 amide bonds. The monoisotopic (exact) mass is 375 g/mol. The second-order valence-corrected chi connectivity index (χ2v) is 5.90. The molecule has 26 heavy (non-hydrogen) atoms. The molecule has 0 aromatic rings. The highest BCUT2D eigenvalue weighted by molar-refractivity contribution is 5.73. The van der Waals surface area contributed by atoms with Gasteiger partial charge in [-0.1, -0.05) is 0 Å². The number of nitrogens with one attached hydrogen (secondary N) is 1. The SMILES string of the molecule is CC(=O)NC1[C@@H](OC(C)=O)[C@@H](OC(C)=O)C(COC(C)=O)O[C@@H]1CCO. The molecule has 1 saturated heterocycles. The molecule has 0 aromatic heterocycles. The van der Waals surface area contributed by atoms with Gasteiger partial charge in [0, 0.05) is 34.3 Å². The smallest absolute Gasteiger partial charge is 0.303 e. The van der Waals surface area contributed by atoms with E-state index in [0.29, 0.717) is 0 Å². The summed E-state index contributed by atoms with van der Waals surface area (Å²) in [7, 11) is 0. The summed E-state index contributed by atoms with van der Waals surface area (Å²) in [6, 6.07) is -0.860. The van der Waals surface area contributed by atoms with E-state index >= 15 is 0 Å². The van der Waals surface area contributed by atoms with E-state index in [2.05, 4.69) is 5.32 Å². The number of amides is 1. The van der Waals surface area contributed by atoms with Crippen molar-refractivity contribution in [1.29, 1.82) is 0 Å². The summed E-state index contributed by atoms with van der Waals surface area (Å²) in [6.07, 6.45) is -3.76. The zero-order chi connectivity index (χ0) is 19.9. The number of esters is 3. The van der Waals surface area contributed by atoms with Crippen LogP contribution in [0.2, 0.25) is 0 Å². The van der Waals surface area contributed by atoms with Crippen LogP contribution in [-0.2, 0) is 38.1 Å². The maximum absolute atomic E-state index is 11.6. The molecule has 2 N–H and O–H groups in total. The Labute approximate surface area is 151 Å². The first kappa shape index (κ1) is 21.8. The predicted octanol–water partition coefficient (Wildman–Crippen LogP) is -0.933. The minimum absolute atomic E-state index is 0.117. The van der Waals surface area contributed by atoms with E-state index in [1.165, 1.54) is 27.7 Å². The van der Waals surface area contributed by atoms with E-state index in [1.54, 1.807) is 0 Å². The van der Waals surface area contributed by atoms with Crippen molar-refractivity contribution < 1.29 is 43.2 Å². The summed E-state index contributed by atoms with van der Waals surface area (Å²) in [5.74, 6) is -2.30. The van der Waals surface area contributed by atoms with Gasteiger partial charge in [-0.3, -0.25) is 19.2 Å². The zero-order valence-electron chi connectivity index (χ0n) is 15.2. The Morgan fingerprint density at radius 1 is 0.923 bits per heavy atom. The zero-order valence-corrected chi connectivity index (χ0v) is 15.2. The van der Waals surface area contributed by atoms with Crippen LogP contribution in [0.15, 0.2) is 0 Å². The number of aliphatic hydroxyl groups is 1. The largest absolute Gasteiger partial charge is 0.463 e. The maximum atomic E-state index is 11.6. The van der Waals surface area contributed by atoms with Gasteiger partial charge in [0.15, 0.2) is 12.2 Å². The first-order valence-corrected chi connectivity index (χ1v) is 8.17. The molecule has 0 bridgehead atoms. The van der Waals surface area contributed by atoms with Crippen molar-refractivity contribution in [2.75, 3.05) is 13.2 Å². The predicted molar refractivity (Wildman–Crippen MR) is 85.7 cm³/mol. The van der Waals surface area contributed by atoms with Crippen LogP contribution >= 0.6 is 0 Å². The molecule has 10 nitrogen and oxygen atoms in total. The van der Waals surface area contributed by atoms with Gasteiger partial charge >= 0.3 is 17.9 Å². The minimum atomic E-state index is -1.11. The topological polar surface area (TPSA) is 137 Å². The highest BCUT2D eigenvalue weighted by Crippen LogP contribution is 2.28. The fourth-order valence-electron chi connectivity index (χ4n) is 2.80. The summed E-state index contributed by atoms with van der Waals surface area (Å²) < 4.78 is 21.3. The van der Waals surface area contributed by atoms with Gasteiger partial charge in [-0.15, -0.1) is 0 Å². The highest BCUT2D eigenvalue weighted by atomic mass is 16.6. The lowest BCUT2D eigenvalue weighted by atomic mass is 9.90. The summed E-state index contributed by atoms with van der Waals surface area (Å²) >= 11 is 0. The Kier molecular flexibility index (Phi) is 8.46. The third-order valence-electron chi connectivity index (χ3n) is 3.63. The highest BCUT2D eigenvalue weighted by Gasteiger charge is 2.50. The molecule has 0 spiro atoms. The molecule has 2 unspecified atom stereocenters. The molecule has 1 heterocycles. The van der Waals surface area contributed by atoms with E-state index in [9.17, 15) is 24.3 Å². The van der Waals surface area contributed by atoms with Crippen LogP contribution in [0.25, 0.3) is 0 Å². The fourth-order valence-corrected chi connectivity index (χ4v) is 2.80. The Balaban J connectivity index is 3.22. The van der Waals surface area contributed by atoms with Crippen molar-refractivity contribution in [2.24, 2.45) is 0 Å². The summed E-state index contributed by atoms with van der Waals surface area (Å²) in [5.41, 5.74) is 0. The van der Waals surface area contributed by atoms with E-state index in [0.717, 1.165) is 0 Å². The number of hydrogen-bond acceptors (Lipinski definition) is 9. The fraction of sp³-hybridized carbons (Fsp3) is 0.750. The van der Waals surface area contributed by atoms with Gasteiger partial charge in [-0.05, 0) is 6.42 Å². The normalized spacial score (nSPS) is 28.0. The molecule has 1 fully saturated rings. The van der Waals surface area contributed by atoms with E-state index in [1.807, 2.05) is 0 Å². The lowest BCUT2D eigenvalue weighted by Gasteiger charge is -2.45. The number of rotatable bonds is 7. The quantitative estimate of drug-likeness (QED) is 0.427. The van der Waals surface area contributed by atoms with E-state index in [4.69, 9.17) is 18.9 Å². The van der Waals surface area contributed by atoms with E-state index in [-0.39, 0.29) is 19.6 Å². The van der Waals surface area contributed by atoms with Crippen molar-refractivity contribution in [2.45, 2.75) is 64.6 Å². The summed E-state index contributed by atoms with van der Waals surface area (Å²) in [5, 5.41) is 11.9. The van der Waals surface area contributed by atoms with Crippen LogP contribution in [0.1, 0.15) is 34.1 Å². The van der Waals surface area contributed by atoms with Crippen molar-refractivity contribution in [3.05, 3.63) is 0 Å². The first-order valence-electron chi connectivity index (χ1n) is 8.17. The molecule has 10 heteroatoms. The van der Waals surface area contributed by atoms with Gasteiger partial charge in [-0.25, -0.2) is 0 Å². The third kappa shape index (κ3) is 6.60. The molecule has 0 aromatic carbocycles. The molecule has 0 saturated carbocycles. The number of hydrogen-bond donors (Lipinski definition) is 2. The molecule has 1 rings (SSSR count). The number of carbonyl (C=O) groups excluding carboxylic acids is 4. The van der Waals surface area contributed by atoms with Gasteiger partial charge in [0.05, 0.1) is 12.1 Å². The van der Waals surface area contributed by atoms with Crippen molar-refractivity contribution in [1.82, 2.24) is 5.32 Å². The second kappa shape index (κ2) is 10.1. The maximum Gasteiger partial charge on any atom is 0.303 e. The van der Waals surface area contributed by atoms with Gasteiger partial charge in [0.2, 0.25) is 5.91 Å². The average Bonchev–Trinajstić information content (AvgIpc) is 2.50. The molecular weight excluding hydrogens is 350 g/mol. The third-order valence-corrected chi connectivity index (χ3v) is 3.63. The lowest BCUT2D eigenvalue weighted by Crippen LogP contribution is -2.66. The van der Waals surface area contributed by atoms with Crippen LogP contribution in [-0.4, -0.2) is 72.6 Å². The standard InChI is InChI=1S/C16H25NO9/c1-8(19)17-14-12(5-6-18)26-13(7-23-9(2)20)15(24-10(3)21)16(14)25-11(4)22/h12-16,18H,5-7H2,1-4H3,(H,17,19)/t12-,13?,14?,15+,16-/m1/s1. The van der Waals surface area contributed by atoms with Gasteiger partial charge in [0.1, 0.15) is 12.7 Å². The minimum Gasteiger partial charge on any atom is -0.463 e. The van der Waals surface area contributed by atoms with Gasteiger partial charge in [0.25, 0.3) is 0 Å². The number of aliphatic hydroxyl groups excluding tert-OH is 1. The first-order chi connectivity index (χ1) is 12.1. The Morgan fingerprint density at radius 2 is 1.50 bits per heavy atom. The number of carbonyl (C=O) groups is 4. The van der Waals surface area contributed by atoms with Crippen molar-refractivity contribution in [3.63, 3.8) is 0 Å². The van der Waals surface area contributed by atoms with Gasteiger partial charge < -0.3 is 29.4 Å². The van der Waals surface area contributed by atoms with Gasteiger partial charge in [-0.2, -0.15) is 0 Å². The Bertz CT molecular complexity index is 536. The van der Waals surface area contributed by atoms with Crippen LogP contribution in [0.5, 0.6) is 0 Å². The van der Waals surface area contributed by atoms with Crippen molar-refractivity contribution >= 4 is 23.8 Å². The van der Waals surface area contributed by atoms with Crippen LogP contribution in [0.3, 0.4) is 0 Å². The molecule has 1 aliphatic heterocycles. The van der Waals surface area contributed by atoms with Crippen LogP contribution in [0.4, 0.5) is 0 Å². The second-order valence-electron chi connectivity index (χ2n) is 5.90. The molecular formula is C16H25NO9. The summed E-state index contributed by atoms with van der Waals surface area (Å²) in [4.78, 5) is 45.8. The van der Waals surface area contributed by atoms with Crippen LogP contribution in [0, 0.1) is 0 Å². The van der Waals surface area contributed by atoms with Crippen LogP contribution < -0.4 is 5.32 Å². The molecule has 5 atom stereocenters. The molecule has 148 valence electrons. The van der Waals surface area contributed by atoms with E-state index < -0.39 is 54.3 Å². The van der Waals surface area contributed by atoms with Crippen molar-refractivity contribution in [3.8, 4) is 0 Å². The number of ether oxygens (including phenoxy) is 4. The average molecular weight is 375 g/mol. The molecule has 0 radical (unpaired) electrons. The lowest BCUT2D eigenvalue weighted by molar-refractivity contribution is -0.225. The summed E-state index contributed by atoms with van der Waals surface area (Å²) in [6.45, 7) is 4.31. The Morgan fingerprint density at radius 3 is 1.96 bits per heavy atom. The molecule has 1 aliphatic rings. The Hall–Kier alpha value is -2.20. The molecule has 0 aliphatic carbocycles.